The number of piperidine rings is 1. The van der Waals surface area contributed by atoms with Crippen LogP contribution in [0.1, 0.15) is 36.0 Å². The van der Waals surface area contributed by atoms with E-state index in [1.807, 2.05) is 41.3 Å². The lowest BCUT2D eigenvalue weighted by molar-refractivity contribution is -0.142. The number of amides is 4. The Labute approximate surface area is 291 Å². The predicted molar refractivity (Wildman–Crippen MR) is 184 cm³/mol. The number of nitrogens with two attached hydrogens (primary N) is 1. The Balaban J connectivity index is 1.14. The van der Waals surface area contributed by atoms with E-state index in [1.165, 1.54) is 6.07 Å². The second kappa shape index (κ2) is 14.7. The van der Waals surface area contributed by atoms with Crippen LogP contribution in [0.15, 0.2) is 65.4 Å². The SMILES string of the molecule is Nc1c(Br)cc(CC(CC(=O)N2CCC(N3CCc4ccccc4NC3=O)CC2)C(=O)N2CCN(c3ccncc3)CC2)cc1C(F)(F)F. The van der Waals surface area contributed by atoms with Crippen molar-refractivity contribution in [2.75, 3.05) is 61.8 Å². The van der Waals surface area contributed by atoms with Crippen LogP contribution in [0.25, 0.3) is 0 Å². The highest BCUT2D eigenvalue weighted by molar-refractivity contribution is 9.10. The van der Waals surface area contributed by atoms with Crippen LogP contribution >= 0.6 is 15.9 Å². The van der Waals surface area contributed by atoms with Crippen molar-refractivity contribution in [3.05, 3.63) is 82.1 Å². The summed E-state index contributed by atoms with van der Waals surface area (Å²) in [6.07, 6.45) is 0.442. The summed E-state index contributed by atoms with van der Waals surface area (Å²) in [5.41, 5.74) is 7.49. The third-order valence-corrected chi connectivity index (χ3v) is 10.4. The molecule has 3 N–H and O–H groups in total. The number of likely N-dealkylation sites (tertiary alicyclic amines) is 1. The molecule has 0 radical (unpaired) electrons. The molecule has 49 heavy (non-hydrogen) atoms. The second-order valence-electron chi connectivity index (χ2n) is 12.8. The van der Waals surface area contributed by atoms with Crippen molar-refractivity contribution >= 4 is 50.8 Å². The highest BCUT2D eigenvalue weighted by Crippen LogP contribution is 2.39. The Hall–Kier alpha value is -4.33. The Morgan fingerprint density at radius 3 is 2.35 bits per heavy atom. The third-order valence-electron chi connectivity index (χ3n) is 9.77. The number of para-hydroxylation sites is 1. The van der Waals surface area contributed by atoms with Crippen molar-refractivity contribution in [3.8, 4) is 0 Å². The van der Waals surface area contributed by atoms with Gasteiger partial charge in [-0.05, 0) is 83.1 Å². The average Bonchev–Trinajstić information content (AvgIpc) is 3.27. The summed E-state index contributed by atoms with van der Waals surface area (Å²) in [5.74, 6) is -1.37. The number of carbonyl (C=O) groups is 3. The van der Waals surface area contributed by atoms with E-state index >= 15 is 0 Å². The number of aromatic nitrogens is 1. The van der Waals surface area contributed by atoms with E-state index in [1.54, 1.807) is 22.2 Å². The highest BCUT2D eigenvalue weighted by atomic mass is 79.9. The predicted octanol–water partition coefficient (Wildman–Crippen LogP) is 5.42. The monoisotopic (exact) mass is 741 g/mol. The van der Waals surface area contributed by atoms with Gasteiger partial charge in [0.2, 0.25) is 11.8 Å². The van der Waals surface area contributed by atoms with Crippen LogP contribution in [0.2, 0.25) is 0 Å². The number of nitrogen functional groups attached to an aromatic ring is 1. The van der Waals surface area contributed by atoms with Gasteiger partial charge in [0.25, 0.3) is 0 Å². The van der Waals surface area contributed by atoms with Crippen molar-refractivity contribution < 1.29 is 27.6 Å². The molecule has 14 heteroatoms. The number of hydrogen-bond acceptors (Lipinski definition) is 6. The molecule has 3 aliphatic heterocycles. The Morgan fingerprint density at radius 1 is 0.959 bits per heavy atom. The van der Waals surface area contributed by atoms with E-state index in [4.69, 9.17) is 5.73 Å². The smallest absolute Gasteiger partial charge is 0.397 e. The molecule has 3 aliphatic rings. The fraction of sp³-hybridized carbons (Fsp3) is 0.429. The Kier molecular flexibility index (Phi) is 10.3. The lowest BCUT2D eigenvalue weighted by Crippen LogP contribution is -2.52. The molecule has 6 rings (SSSR count). The Bertz CT molecular complexity index is 1680. The van der Waals surface area contributed by atoms with E-state index in [2.05, 4.69) is 31.1 Å². The zero-order chi connectivity index (χ0) is 34.7. The van der Waals surface area contributed by atoms with E-state index < -0.39 is 23.3 Å². The van der Waals surface area contributed by atoms with E-state index in [0.29, 0.717) is 58.7 Å². The molecule has 2 fully saturated rings. The number of nitrogens with zero attached hydrogens (tertiary/aromatic N) is 5. The number of alkyl halides is 3. The van der Waals surface area contributed by atoms with Crippen LogP contribution in [-0.4, -0.2) is 89.4 Å². The first-order valence-electron chi connectivity index (χ1n) is 16.5. The maximum Gasteiger partial charge on any atom is 0.418 e. The number of urea groups is 1. The number of benzene rings is 2. The zero-order valence-electron chi connectivity index (χ0n) is 27.0. The Morgan fingerprint density at radius 2 is 1.65 bits per heavy atom. The molecular weight excluding hydrogens is 703 g/mol. The summed E-state index contributed by atoms with van der Waals surface area (Å²) in [6, 6.07) is 13.8. The molecule has 4 amide bonds. The van der Waals surface area contributed by atoms with Gasteiger partial charge in [0.05, 0.1) is 17.2 Å². The maximum atomic E-state index is 14.0. The van der Waals surface area contributed by atoms with E-state index in [9.17, 15) is 27.6 Å². The number of pyridine rings is 1. The summed E-state index contributed by atoms with van der Waals surface area (Å²) in [7, 11) is 0. The number of piperazine rings is 1. The normalized spacial score (nSPS) is 18.1. The van der Waals surface area contributed by atoms with Gasteiger partial charge in [0.15, 0.2) is 0 Å². The molecule has 10 nitrogen and oxygen atoms in total. The van der Waals surface area contributed by atoms with Gasteiger partial charge in [-0.1, -0.05) is 18.2 Å². The van der Waals surface area contributed by atoms with E-state index in [0.717, 1.165) is 29.4 Å². The summed E-state index contributed by atoms with van der Waals surface area (Å²) in [6.45, 7) is 3.38. The standard InChI is InChI=1S/C35H39BrF3N7O3/c36-29-21-23(20-28(32(29)40)35(37,38)39)19-25(33(48)45-17-15-43(16-18-45)26-5-10-41-11-6-26)22-31(47)44-12-8-27(9-13-44)46-14-7-24-3-1-2-4-30(24)42-34(46)49/h1-6,10-11,20-21,25,27H,7-9,12-19,22,40H2,(H,42,49). The number of anilines is 3. The first-order chi connectivity index (χ1) is 23.5. The zero-order valence-corrected chi connectivity index (χ0v) is 28.5. The van der Waals surface area contributed by atoms with Crippen LogP contribution in [0.5, 0.6) is 0 Å². The maximum absolute atomic E-state index is 14.0. The minimum absolute atomic E-state index is 0.0413. The van der Waals surface area contributed by atoms with Gasteiger partial charge in [-0.3, -0.25) is 14.6 Å². The van der Waals surface area contributed by atoms with Gasteiger partial charge in [-0.25, -0.2) is 4.79 Å². The molecule has 0 bridgehead atoms. The minimum Gasteiger partial charge on any atom is -0.397 e. The molecule has 0 saturated carbocycles. The summed E-state index contributed by atoms with van der Waals surface area (Å²) in [4.78, 5) is 52.3. The quantitative estimate of drug-likeness (QED) is 0.313. The average molecular weight is 743 g/mol. The number of carbonyl (C=O) groups excluding carboxylic acids is 3. The fourth-order valence-electron chi connectivity index (χ4n) is 7.06. The van der Waals surface area contributed by atoms with Gasteiger partial charge in [0, 0.05) is 86.5 Å². The second-order valence-corrected chi connectivity index (χ2v) is 13.7. The van der Waals surface area contributed by atoms with Gasteiger partial charge in [-0.2, -0.15) is 13.2 Å². The van der Waals surface area contributed by atoms with Crippen molar-refractivity contribution in [3.63, 3.8) is 0 Å². The number of nitrogens with one attached hydrogen (secondary N) is 1. The molecule has 1 atom stereocenters. The minimum atomic E-state index is -4.68. The lowest BCUT2D eigenvalue weighted by atomic mass is 9.92. The summed E-state index contributed by atoms with van der Waals surface area (Å²) < 4.78 is 41.6. The molecule has 1 unspecified atom stereocenters. The molecule has 2 saturated heterocycles. The highest BCUT2D eigenvalue weighted by Gasteiger charge is 2.37. The van der Waals surface area contributed by atoms with Crippen LogP contribution in [0.3, 0.4) is 0 Å². The molecule has 4 heterocycles. The van der Waals surface area contributed by atoms with Gasteiger partial charge >= 0.3 is 12.2 Å². The first kappa shape index (κ1) is 34.5. The van der Waals surface area contributed by atoms with E-state index in [-0.39, 0.29) is 46.8 Å². The number of halogens is 4. The largest absolute Gasteiger partial charge is 0.418 e. The lowest BCUT2D eigenvalue weighted by Gasteiger charge is -2.39. The fourth-order valence-corrected chi connectivity index (χ4v) is 7.57. The summed E-state index contributed by atoms with van der Waals surface area (Å²) >= 11 is 3.15. The van der Waals surface area contributed by atoms with Crippen LogP contribution in [-0.2, 0) is 28.6 Å². The first-order valence-corrected chi connectivity index (χ1v) is 17.3. The van der Waals surface area contributed by atoms with Crippen molar-refractivity contribution in [2.24, 2.45) is 5.92 Å². The van der Waals surface area contributed by atoms with Crippen LogP contribution < -0.4 is 16.0 Å². The molecule has 2 aromatic carbocycles. The van der Waals surface area contributed by atoms with Gasteiger partial charge < -0.3 is 30.7 Å². The molecule has 1 aromatic heterocycles. The number of rotatable bonds is 7. The van der Waals surface area contributed by atoms with Crippen molar-refractivity contribution in [1.82, 2.24) is 19.7 Å². The van der Waals surface area contributed by atoms with Gasteiger partial charge in [0.1, 0.15) is 0 Å². The molecule has 3 aromatic rings. The molecule has 260 valence electrons. The van der Waals surface area contributed by atoms with Gasteiger partial charge in [-0.15, -0.1) is 0 Å². The third kappa shape index (κ3) is 7.95. The van der Waals surface area contributed by atoms with Crippen molar-refractivity contribution in [1.29, 1.82) is 0 Å². The molecular formula is C35H39BrF3N7O3. The van der Waals surface area contributed by atoms with Crippen molar-refractivity contribution in [2.45, 2.75) is 44.3 Å². The number of hydrogen-bond donors (Lipinski definition) is 2. The molecule has 0 aliphatic carbocycles. The van der Waals surface area contributed by atoms with Crippen LogP contribution in [0, 0.1) is 5.92 Å². The van der Waals surface area contributed by atoms with Crippen LogP contribution in [0.4, 0.5) is 35.0 Å². The number of fused-ring (bicyclic) bond motifs is 1. The molecule has 0 spiro atoms. The summed E-state index contributed by atoms with van der Waals surface area (Å²) in [5, 5.41) is 3.01. The topological polar surface area (TPSA) is 115 Å².